The molecule has 1 fully saturated rings. The molecule has 3 atom stereocenters. The molecule has 0 aliphatic heterocycles. The first-order valence-electron chi connectivity index (χ1n) is 5.99. The normalized spacial score (nSPS) is 31.5. The molecule has 1 aliphatic rings. The summed E-state index contributed by atoms with van der Waals surface area (Å²) < 4.78 is 0. The Balaban J connectivity index is 2.21. The molecule has 1 nitrogen and oxygen atoms in total. The lowest BCUT2D eigenvalue weighted by molar-refractivity contribution is 0.300. The van der Waals surface area contributed by atoms with E-state index < -0.39 is 0 Å². The minimum absolute atomic E-state index is 0.409. The van der Waals surface area contributed by atoms with E-state index in [4.69, 9.17) is 5.73 Å². The van der Waals surface area contributed by atoms with Crippen LogP contribution in [0.25, 0.3) is 0 Å². The number of hydrogen-bond acceptors (Lipinski definition) is 1. The summed E-state index contributed by atoms with van der Waals surface area (Å²) in [5.74, 6) is 1.46. The topological polar surface area (TPSA) is 26.0 Å². The van der Waals surface area contributed by atoms with Crippen molar-refractivity contribution in [1.82, 2.24) is 0 Å². The molecule has 1 saturated carbocycles. The Morgan fingerprint density at radius 3 is 2.80 bits per heavy atom. The van der Waals surface area contributed by atoms with Crippen LogP contribution in [0.5, 0.6) is 0 Å². The van der Waals surface area contributed by atoms with Crippen molar-refractivity contribution in [1.29, 1.82) is 0 Å². The third-order valence-corrected chi connectivity index (χ3v) is 3.71. The highest BCUT2D eigenvalue weighted by atomic mass is 14.6. The van der Waals surface area contributed by atoms with Gasteiger partial charge in [-0.2, -0.15) is 0 Å². The second-order valence-electron chi connectivity index (χ2n) is 5.07. The van der Waals surface area contributed by atoms with Gasteiger partial charge in [-0.25, -0.2) is 0 Å². The Bertz CT molecular complexity index is 332. The predicted octanol–water partition coefficient (Wildman–Crippen LogP) is 3.23. The molecular formula is C14H21N. The molecule has 0 heterocycles. The second-order valence-corrected chi connectivity index (χ2v) is 5.07. The molecule has 82 valence electrons. The number of hydrogen-bond donors (Lipinski definition) is 1. The van der Waals surface area contributed by atoms with E-state index in [9.17, 15) is 0 Å². The third-order valence-electron chi connectivity index (χ3n) is 3.71. The molecule has 2 rings (SSSR count). The fraction of sp³-hybridized carbons (Fsp3) is 0.571. The van der Waals surface area contributed by atoms with Crippen LogP contribution in [0.15, 0.2) is 24.3 Å². The van der Waals surface area contributed by atoms with Crippen molar-refractivity contribution in [3.63, 3.8) is 0 Å². The van der Waals surface area contributed by atoms with Gasteiger partial charge in [-0.15, -0.1) is 0 Å². The van der Waals surface area contributed by atoms with Gasteiger partial charge in [0.25, 0.3) is 0 Å². The molecule has 0 bridgehead atoms. The van der Waals surface area contributed by atoms with Gasteiger partial charge < -0.3 is 5.73 Å². The summed E-state index contributed by atoms with van der Waals surface area (Å²) in [5, 5.41) is 0. The lowest BCUT2D eigenvalue weighted by Gasteiger charge is -2.33. The quantitative estimate of drug-likeness (QED) is 0.745. The van der Waals surface area contributed by atoms with Crippen LogP contribution >= 0.6 is 0 Å². The summed E-state index contributed by atoms with van der Waals surface area (Å²) in [4.78, 5) is 0. The Morgan fingerprint density at radius 1 is 1.27 bits per heavy atom. The fourth-order valence-corrected chi connectivity index (χ4v) is 2.72. The minimum atomic E-state index is 0.409. The first kappa shape index (κ1) is 10.7. The van der Waals surface area contributed by atoms with Crippen molar-refractivity contribution in [3.8, 4) is 0 Å². The summed E-state index contributed by atoms with van der Waals surface area (Å²) >= 11 is 0. The fourth-order valence-electron chi connectivity index (χ4n) is 2.72. The zero-order valence-corrected chi connectivity index (χ0v) is 9.74. The van der Waals surface area contributed by atoms with Gasteiger partial charge in [-0.1, -0.05) is 36.8 Å². The van der Waals surface area contributed by atoms with E-state index in [0.717, 1.165) is 12.3 Å². The maximum atomic E-state index is 6.06. The average molecular weight is 203 g/mol. The second kappa shape index (κ2) is 4.36. The van der Waals surface area contributed by atoms with Crippen molar-refractivity contribution in [2.24, 2.45) is 11.7 Å². The van der Waals surface area contributed by atoms with E-state index in [-0.39, 0.29) is 0 Å². The Morgan fingerprint density at radius 2 is 2.07 bits per heavy atom. The molecule has 1 aliphatic carbocycles. The Kier molecular flexibility index (Phi) is 3.11. The van der Waals surface area contributed by atoms with Crippen LogP contribution in [0.1, 0.15) is 43.2 Å². The van der Waals surface area contributed by atoms with Crippen LogP contribution in [0, 0.1) is 12.8 Å². The zero-order valence-electron chi connectivity index (χ0n) is 9.74. The van der Waals surface area contributed by atoms with E-state index in [1.807, 2.05) is 0 Å². The first-order valence-corrected chi connectivity index (χ1v) is 5.99. The van der Waals surface area contributed by atoms with Crippen LogP contribution in [-0.4, -0.2) is 6.04 Å². The molecule has 0 saturated heterocycles. The molecule has 2 N–H and O–H groups in total. The standard InChI is InChI=1S/C14H21N/c1-10-4-3-5-12(8-10)14-9-13(15)7-6-11(14)2/h3-5,8,11,13-14H,6-7,9,15H2,1-2H3. The maximum Gasteiger partial charge on any atom is 0.00448 e. The predicted molar refractivity (Wildman–Crippen MR) is 64.9 cm³/mol. The zero-order chi connectivity index (χ0) is 10.8. The number of benzene rings is 1. The van der Waals surface area contributed by atoms with Gasteiger partial charge >= 0.3 is 0 Å². The average Bonchev–Trinajstić information content (AvgIpc) is 2.22. The smallest absolute Gasteiger partial charge is 0.00448 e. The molecule has 0 radical (unpaired) electrons. The van der Waals surface area contributed by atoms with E-state index in [1.54, 1.807) is 0 Å². The van der Waals surface area contributed by atoms with E-state index in [1.165, 1.54) is 24.0 Å². The van der Waals surface area contributed by atoms with Gasteiger partial charge in [0, 0.05) is 6.04 Å². The third kappa shape index (κ3) is 2.40. The molecule has 0 aromatic heterocycles. The highest BCUT2D eigenvalue weighted by molar-refractivity contribution is 5.26. The lowest BCUT2D eigenvalue weighted by Crippen LogP contribution is -2.31. The minimum Gasteiger partial charge on any atom is -0.328 e. The number of aryl methyl sites for hydroxylation is 1. The molecule has 0 spiro atoms. The van der Waals surface area contributed by atoms with Gasteiger partial charge in [0.2, 0.25) is 0 Å². The van der Waals surface area contributed by atoms with Crippen molar-refractivity contribution in [2.75, 3.05) is 0 Å². The summed E-state index contributed by atoms with van der Waals surface area (Å²) in [6.45, 7) is 4.52. The van der Waals surface area contributed by atoms with Crippen LogP contribution in [0.3, 0.4) is 0 Å². The summed E-state index contributed by atoms with van der Waals surface area (Å²) in [5.41, 5.74) is 8.91. The molecule has 0 amide bonds. The highest BCUT2D eigenvalue weighted by Crippen LogP contribution is 2.37. The first-order chi connectivity index (χ1) is 7.16. The largest absolute Gasteiger partial charge is 0.328 e. The van der Waals surface area contributed by atoms with Crippen LogP contribution in [0.2, 0.25) is 0 Å². The van der Waals surface area contributed by atoms with Gasteiger partial charge in [-0.05, 0) is 43.6 Å². The van der Waals surface area contributed by atoms with Crippen LogP contribution < -0.4 is 5.73 Å². The number of rotatable bonds is 1. The molecule has 1 aromatic rings. The number of nitrogens with two attached hydrogens (primary N) is 1. The lowest BCUT2D eigenvalue weighted by atomic mass is 9.74. The molecule has 1 aromatic carbocycles. The summed E-state index contributed by atoms with van der Waals surface area (Å²) in [6.07, 6.45) is 3.63. The van der Waals surface area contributed by atoms with Crippen molar-refractivity contribution >= 4 is 0 Å². The van der Waals surface area contributed by atoms with E-state index in [2.05, 4.69) is 38.1 Å². The highest BCUT2D eigenvalue weighted by Gasteiger charge is 2.26. The Hall–Kier alpha value is -0.820. The van der Waals surface area contributed by atoms with Crippen molar-refractivity contribution < 1.29 is 0 Å². The van der Waals surface area contributed by atoms with E-state index >= 15 is 0 Å². The monoisotopic (exact) mass is 203 g/mol. The van der Waals surface area contributed by atoms with E-state index in [0.29, 0.717) is 12.0 Å². The van der Waals surface area contributed by atoms with Gasteiger partial charge in [-0.3, -0.25) is 0 Å². The summed E-state index contributed by atoms with van der Waals surface area (Å²) in [7, 11) is 0. The van der Waals surface area contributed by atoms with Gasteiger partial charge in [0.1, 0.15) is 0 Å². The van der Waals surface area contributed by atoms with Gasteiger partial charge in [0.15, 0.2) is 0 Å². The van der Waals surface area contributed by atoms with Crippen molar-refractivity contribution in [3.05, 3.63) is 35.4 Å². The molecular weight excluding hydrogens is 182 g/mol. The Labute approximate surface area is 92.7 Å². The van der Waals surface area contributed by atoms with Crippen LogP contribution in [0.4, 0.5) is 0 Å². The summed E-state index contributed by atoms with van der Waals surface area (Å²) in [6, 6.07) is 9.31. The maximum absolute atomic E-state index is 6.06. The van der Waals surface area contributed by atoms with Gasteiger partial charge in [0.05, 0.1) is 0 Å². The van der Waals surface area contributed by atoms with Crippen molar-refractivity contribution in [2.45, 2.75) is 45.1 Å². The molecule has 15 heavy (non-hydrogen) atoms. The molecule has 3 unspecified atom stereocenters. The molecule has 1 heteroatoms. The SMILES string of the molecule is Cc1cccc(C2CC(N)CCC2C)c1. The van der Waals surface area contributed by atoms with Crippen LogP contribution in [-0.2, 0) is 0 Å².